The molecule has 0 aromatic carbocycles. The first-order chi connectivity index (χ1) is 6.85. The van der Waals surface area contributed by atoms with Gasteiger partial charge < -0.3 is 11.5 Å². The van der Waals surface area contributed by atoms with Crippen molar-refractivity contribution in [1.29, 1.82) is 0 Å². The van der Waals surface area contributed by atoms with Crippen LogP contribution in [0.3, 0.4) is 0 Å². The zero-order chi connectivity index (χ0) is 10.6. The molecule has 4 N–H and O–H groups in total. The molecule has 14 heavy (non-hydrogen) atoms. The Kier molecular flexibility index (Phi) is 10.9. The van der Waals surface area contributed by atoms with E-state index in [0.717, 1.165) is 31.8 Å². The number of nitrogens with two attached hydrogens (primary N) is 2. The summed E-state index contributed by atoms with van der Waals surface area (Å²) in [6.07, 6.45) is 10.5. The minimum atomic E-state index is 0.784. The molecule has 0 saturated heterocycles. The van der Waals surface area contributed by atoms with Gasteiger partial charge in [-0.15, -0.1) is 0 Å². The molecule has 0 spiro atoms. The Morgan fingerprint density at radius 3 is 1.86 bits per heavy atom. The number of hydrogen-bond donors (Lipinski definition) is 2. The molecule has 2 heteroatoms. The standard InChI is InChI=1S/C12H28N2/c1-2-3-4-5-6-7-12(8-10-13)9-11-14/h12H,2-11,13-14H2,1H3. The monoisotopic (exact) mass is 200 g/mol. The molecule has 0 aliphatic rings. The topological polar surface area (TPSA) is 52.0 Å². The van der Waals surface area contributed by atoms with E-state index in [-0.39, 0.29) is 0 Å². The molecule has 0 bridgehead atoms. The molecule has 86 valence electrons. The van der Waals surface area contributed by atoms with Gasteiger partial charge in [0.2, 0.25) is 0 Å². The van der Waals surface area contributed by atoms with E-state index in [4.69, 9.17) is 11.5 Å². The lowest BCUT2D eigenvalue weighted by atomic mass is 9.94. The predicted molar refractivity (Wildman–Crippen MR) is 64.2 cm³/mol. The summed E-state index contributed by atoms with van der Waals surface area (Å²) in [6, 6.07) is 0. The molecule has 0 aliphatic heterocycles. The van der Waals surface area contributed by atoms with Crippen LogP contribution in [0, 0.1) is 5.92 Å². The molecule has 0 rings (SSSR count). The Bertz CT molecular complexity index is 98.5. The van der Waals surface area contributed by atoms with Crippen LogP contribution in [0.2, 0.25) is 0 Å². The molecule has 0 saturated carbocycles. The average Bonchev–Trinajstić information content (AvgIpc) is 2.18. The Labute approximate surface area is 89.4 Å². The Balaban J connectivity index is 3.30. The Hall–Kier alpha value is -0.0800. The first-order valence-corrected chi connectivity index (χ1v) is 6.25. The largest absolute Gasteiger partial charge is 0.330 e. The van der Waals surface area contributed by atoms with Crippen molar-refractivity contribution < 1.29 is 0 Å². The number of hydrogen-bond acceptors (Lipinski definition) is 2. The van der Waals surface area contributed by atoms with Crippen LogP contribution in [0.5, 0.6) is 0 Å². The van der Waals surface area contributed by atoms with Crippen molar-refractivity contribution in [2.45, 2.75) is 58.3 Å². The van der Waals surface area contributed by atoms with Crippen LogP contribution in [0.1, 0.15) is 58.3 Å². The van der Waals surface area contributed by atoms with E-state index >= 15 is 0 Å². The van der Waals surface area contributed by atoms with Gasteiger partial charge in [-0.05, 0) is 31.8 Å². The molecule has 0 amide bonds. The fraction of sp³-hybridized carbons (Fsp3) is 1.00. The van der Waals surface area contributed by atoms with Crippen molar-refractivity contribution in [2.24, 2.45) is 17.4 Å². The maximum atomic E-state index is 5.57. The van der Waals surface area contributed by atoms with Crippen LogP contribution in [0.15, 0.2) is 0 Å². The zero-order valence-corrected chi connectivity index (χ0v) is 9.80. The smallest absolute Gasteiger partial charge is 0.00746 e. The summed E-state index contributed by atoms with van der Waals surface area (Å²) >= 11 is 0. The van der Waals surface area contributed by atoms with Crippen LogP contribution in [0.25, 0.3) is 0 Å². The first-order valence-electron chi connectivity index (χ1n) is 6.25. The van der Waals surface area contributed by atoms with E-state index < -0.39 is 0 Å². The fourth-order valence-corrected chi connectivity index (χ4v) is 1.94. The van der Waals surface area contributed by atoms with Gasteiger partial charge in [-0.1, -0.05) is 45.4 Å². The maximum absolute atomic E-state index is 5.57. The highest BCUT2D eigenvalue weighted by Crippen LogP contribution is 2.17. The van der Waals surface area contributed by atoms with Crippen molar-refractivity contribution >= 4 is 0 Å². The summed E-state index contributed by atoms with van der Waals surface area (Å²) in [5, 5.41) is 0. The molecule has 0 radical (unpaired) electrons. The molecular formula is C12H28N2. The van der Waals surface area contributed by atoms with E-state index in [2.05, 4.69) is 6.92 Å². The summed E-state index contributed by atoms with van der Waals surface area (Å²) < 4.78 is 0. The van der Waals surface area contributed by atoms with Crippen molar-refractivity contribution in [3.05, 3.63) is 0 Å². The Morgan fingerprint density at radius 2 is 1.36 bits per heavy atom. The zero-order valence-electron chi connectivity index (χ0n) is 9.80. The summed E-state index contributed by atoms with van der Waals surface area (Å²) in [5.41, 5.74) is 11.1. The summed E-state index contributed by atoms with van der Waals surface area (Å²) in [7, 11) is 0. The molecule has 0 unspecified atom stereocenters. The molecule has 2 nitrogen and oxygen atoms in total. The van der Waals surface area contributed by atoms with Crippen molar-refractivity contribution in [3.8, 4) is 0 Å². The van der Waals surface area contributed by atoms with Crippen molar-refractivity contribution in [3.63, 3.8) is 0 Å². The average molecular weight is 200 g/mol. The normalized spacial score (nSPS) is 11.1. The van der Waals surface area contributed by atoms with Gasteiger partial charge in [0, 0.05) is 0 Å². The van der Waals surface area contributed by atoms with Crippen molar-refractivity contribution in [1.82, 2.24) is 0 Å². The molecule has 0 fully saturated rings. The van der Waals surface area contributed by atoms with Crippen LogP contribution in [-0.4, -0.2) is 13.1 Å². The third kappa shape index (κ3) is 8.52. The van der Waals surface area contributed by atoms with E-state index in [1.165, 1.54) is 38.5 Å². The molecule has 0 atom stereocenters. The lowest BCUT2D eigenvalue weighted by Gasteiger charge is -2.14. The van der Waals surface area contributed by atoms with Crippen LogP contribution in [-0.2, 0) is 0 Å². The van der Waals surface area contributed by atoms with Crippen LogP contribution < -0.4 is 11.5 Å². The van der Waals surface area contributed by atoms with E-state index in [9.17, 15) is 0 Å². The second kappa shape index (κ2) is 11.0. The van der Waals surface area contributed by atoms with E-state index in [0.29, 0.717) is 0 Å². The predicted octanol–water partition coefficient (Wildman–Crippen LogP) is 2.66. The number of rotatable bonds is 10. The van der Waals surface area contributed by atoms with Gasteiger partial charge in [-0.3, -0.25) is 0 Å². The van der Waals surface area contributed by atoms with Crippen LogP contribution in [0.4, 0.5) is 0 Å². The van der Waals surface area contributed by atoms with Gasteiger partial charge in [0.25, 0.3) is 0 Å². The minimum absolute atomic E-state index is 0.784. The quantitative estimate of drug-likeness (QED) is 0.533. The van der Waals surface area contributed by atoms with Crippen molar-refractivity contribution in [2.75, 3.05) is 13.1 Å². The molecule has 0 heterocycles. The second-order valence-corrected chi connectivity index (χ2v) is 4.22. The lowest BCUT2D eigenvalue weighted by molar-refractivity contribution is 0.408. The van der Waals surface area contributed by atoms with Crippen LogP contribution >= 0.6 is 0 Å². The first kappa shape index (κ1) is 13.9. The third-order valence-corrected chi connectivity index (χ3v) is 2.87. The van der Waals surface area contributed by atoms with Gasteiger partial charge in [0.1, 0.15) is 0 Å². The fourth-order valence-electron chi connectivity index (χ4n) is 1.94. The highest BCUT2D eigenvalue weighted by Gasteiger charge is 2.05. The highest BCUT2D eigenvalue weighted by atomic mass is 14.5. The van der Waals surface area contributed by atoms with Gasteiger partial charge in [0.05, 0.1) is 0 Å². The Morgan fingerprint density at radius 1 is 0.786 bits per heavy atom. The van der Waals surface area contributed by atoms with Gasteiger partial charge in [-0.25, -0.2) is 0 Å². The second-order valence-electron chi connectivity index (χ2n) is 4.22. The highest BCUT2D eigenvalue weighted by molar-refractivity contribution is 4.61. The summed E-state index contributed by atoms with van der Waals surface area (Å²) in [4.78, 5) is 0. The molecule has 0 aromatic heterocycles. The molecular weight excluding hydrogens is 172 g/mol. The molecule has 0 aliphatic carbocycles. The SMILES string of the molecule is CCCCCCCC(CCN)CCN. The molecule has 0 aromatic rings. The number of unbranched alkanes of at least 4 members (excludes halogenated alkanes) is 4. The van der Waals surface area contributed by atoms with E-state index in [1.54, 1.807) is 0 Å². The maximum Gasteiger partial charge on any atom is -0.00746 e. The summed E-state index contributed by atoms with van der Waals surface area (Å²) in [6.45, 7) is 3.89. The third-order valence-electron chi connectivity index (χ3n) is 2.87. The summed E-state index contributed by atoms with van der Waals surface area (Å²) in [5.74, 6) is 0.784. The van der Waals surface area contributed by atoms with Gasteiger partial charge >= 0.3 is 0 Å². The van der Waals surface area contributed by atoms with E-state index in [1.807, 2.05) is 0 Å². The lowest BCUT2D eigenvalue weighted by Crippen LogP contribution is -2.13. The van der Waals surface area contributed by atoms with Gasteiger partial charge in [0.15, 0.2) is 0 Å². The minimum Gasteiger partial charge on any atom is -0.330 e. The van der Waals surface area contributed by atoms with Gasteiger partial charge in [-0.2, -0.15) is 0 Å².